The molecule has 2 aromatic heterocycles. The number of nitrogens with zero attached hydrogens (tertiary/aromatic N) is 4. The third-order valence-corrected chi connectivity index (χ3v) is 6.48. The van der Waals surface area contributed by atoms with E-state index in [2.05, 4.69) is 20.5 Å². The number of hydrogen-bond acceptors (Lipinski definition) is 5. The molecule has 3 aliphatic rings. The van der Waals surface area contributed by atoms with Crippen molar-refractivity contribution >= 4 is 5.91 Å². The fourth-order valence-electron chi connectivity index (χ4n) is 4.77. The lowest BCUT2D eigenvalue weighted by Gasteiger charge is -2.31. The van der Waals surface area contributed by atoms with Crippen LogP contribution in [0.2, 0.25) is 0 Å². The normalized spacial score (nSPS) is 20.4. The minimum atomic E-state index is 0.0929. The summed E-state index contributed by atoms with van der Waals surface area (Å²) in [5.41, 5.74) is 5.42. The molecule has 0 spiro atoms. The van der Waals surface area contributed by atoms with Crippen LogP contribution in [0.4, 0.5) is 0 Å². The van der Waals surface area contributed by atoms with E-state index in [-0.39, 0.29) is 5.91 Å². The monoisotopic (exact) mass is 380 g/mol. The molecule has 28 heavy (non-hydrogen) atoms. The van der Waals surface area contributed by atoms with Gasteiger partial charge in [-0.2, -0.15) is 5.10 Å². The third kappa shape index (κ3) is 3.32. The molecular weight excluding hydrogens is 352 g/mol. The minimum absolute atomic E-state index is 0.0929. The fraction of sp³-hybridized carbons (Fsp3) is 0.619. The van der Waals surface area contributed by atoms with Gasteiger partial charge in [0, 0.05) is 67.2 Å². The number of nitrogens with one attached hydrogen (secondary N) is 2. The number of piperidine rings is 1. The lowest BCUT2D eigenvalue weighted by molar-refractivity contribution is 0.0704. The molecule has 0 saturated carbocycles. The van der Waals surface area contributed by atoms with Crippen molar-refractivity contribution in [1.82, 2.24) is 30.4 Å². The number of aromatic nitrogens is 4. The maximum absolute atomic E-state index is 13.1. The highest BCUT2D eigenvalue weighted by Gasteiger charge is 2.30. The standard InChI is InChI=1S/C21H28N6O/c28-21(19-16-4-2-1-3-5-18(16)25-26-19)27-10-7-14(8-11-27)20-23-13-15-12-22-9-6-17(15)24-20/h13-14,22H,1-12H2,(H,25,26). The van der Waals surface area contributed by atoms with Crippen molar-refractivity contribution < 1.29 is 4.79 Å². The van der Waals surface area contributed by atoms with Crippen LogP contribution in [0.1, 0.15) is 76.8 Å². The first kappa shape index (κ1) is 17.8. The van der Waals surface area contributed by atoms with Crippen LogP contribution in [-0.4, -0.2) is 50.6 Å². The Morgan fingerprint density at radius 1 is 1.11 bits per heavy atom. The van der Waals surface area contributed by atoms with Gasteiger partial charge in [-0.15, -0.1) is 0 Å². The molecule has 148 valence electrons. The lowest BCUT2D eigenvalue weighted by atomic mass is 9.95. The minimum Gasteiger partial charge on any atom is -0.337 e. The van der Waals surface area contributed by atoms with E-state index in [0.29, 0.717) is 11.6 Å². The molecule has 1 aliphatic carbocycles. The maximum atomic E-state index is 13.1. The Morgan fingerprint density at radius 2 is 1.96 bits per heavy atom. The van der Waals surface area contributed by atoms with E-state index in [1.807, 2.05) is 11.1 Å². The molecular formula is C21H28N6O. The van der Waals surface area contributed by atoms with Crippen LogP contribution in [0.3, 0.4) is 0 Å². The lowest BCUT2D eigenvalue weighted by Crippen LogP contribution is -2.39. The van der Waals surface area contributed by atoms with Gasteiger partial charge >= 0.3 is 0 Å². The molecule has 7 heteroatoms. The van der Waals surface area contributed by atoms with Crippen LogP contribution >= 0.6 is 0 Å². The van der Waals surface area contributed by atoms with Gasteiger partial charge in [-0.1, -0.05) is 6.42 Å². The Kier molecular flexibility index (Phi) is 4.84. The number of fused-ring (bicyclic) bond motifs is 2. The van der Waals surface area contributed by atoms with E-state index in [1.54, 1.807) is 0 Å². The maximum Gasteiger partial charge on any atom is 0.274 e. The molecule has 2 N–H and O–H groups in total. The summed E-state index contributed by atoms with van der Waals surface area (Å²) in [6, 6.07) is 0. The quantitative estimate of drug-likeness (QED) is 0.780. The first-order valence-corrected chi connectivity index (χ1v) is 10.7. The Balaban J connectivity index is 1.26. The van der Waals surface area contributed by atoms with Crippen molar-refractivity contribution in [3.05, 3.63) is 40.2 Å². The first-order chi connectivity index (χ1) is 13.8. The summed E-state index contributed by atoms with van der Waals surface area (Å²) in [5, 5.41) is 10.9. The second-order valence-electron chi connectivity index (χ2n) is 8.28. The fourth-order valence-corrected chi connectivity index (χ4v) is 4.77. The number of hydrogen-bond donors (Lipinski definition) is 2. The Bertz CT molecular complexity index is 868. The van der Waals surface area contributed by atoms with Crippen LogP contribution in [0.15, 0.2) is 6.20 Å². The van der Waals surface area contributed by atoms with Gasteiger partial charge in [-0.25, -0.2) is 9.97 Å². The molecule has 4 heterocycles. The van der Waals surface area contributed by atoms with Gasteiger partial charge in [0.15, 0.2) is 5.69 Å². The van der Waals surface area contributed by atoms with Crippen LogP contribution < -0.4 is 5.32 Å². The van der Waals surface area contributed by atoms with Gasteiger partial charge in [0.1, 0.15) is 5.82 Å². The highest BCUT2D eigenvalue weighted by molar-refractivity contribution is 5.94. The highest BCUT2D eigenvalue weighted by Crippen LogP contribution is 2.29. The van der Waals surface area contributed by atoms with E-state index in [9.17, 15) is 4.79 Å². The molecule has 2 aromatic rings. The predicted octanol–water partition coefficient (Wildman–Crippen LogP) is 2.13. The zero-order valence-corrected chi connectivity index (χ0v) is 16.3. The summed E-state index contributed by atoms with van der Waals surface area (Å²) >= 11 is 0. The van der Waals surface area contributed by atoms with Gasteiger partial charge in [-0.05, 0) is 38.5 Å². The summed E-state index contributed by atoms with van der Waals surface area (Å²) in [5.74, 6) is 1.40. The summed E-state index contributed by atoms with van der Waals surface area (Å²) in [6.45, 7) is 3.38. The van der Waals surface area contributed by atoms with Gasteiger partial charge in [0.2, 0.25) is 0 Å². The van der Waals surface area contributed by atoms with Crippen molar-refractivity contribution in [1.29, 1.82) is 0 Å². The molecule has 0 radical (unpaired) electrons. The Morgan fingerprint density at radius 3 is 2.86 bits per heavy atom. The molecule has 0 aromatic carbocycles. The van der Waals surface area contributed by atoms with Gasteiger partial charge in [0.25, 0.3) is 5.91 Å². The van der Waals surface area contributed by atoms with E-state index in [1.165, 1.54) is 29.8 Å². The SMILES string of the molecule is O=C(c1n[nH]c2c1CCCCC2)N1CCC(c2ncc3c(n2)CCNC3)CC1. The number of aryl methyl sites for hydroxylation is 1. The second kappa shape index (κ2) is 7.62. The van der Waals surface area contributed by atoms with Crippen molar-refractivity contribution in [2.45, 2.75) is 63.8 Å². The molecule has 5 rings (SSSR count). The second-order valence-corrected chi connectivity index (χ2v) is 8.28. The van der Waals surface area contributed by atoms with Crippen LogP contribution in [0, 0.1) is 0 Å². The van der Waals surface area contributed by atoms with Gasteiger partial charge in [-0.3, -0.25) is 9.89 Å². The van der Waals surface area contributed by atoms with Crippen molar-refractivity contribution in [2.24, 2.45) is 0 Å². The molecule has 7 nitrogen and oxygen atoms in total. The van der Waals surface area contributed by atoms with Gasteiger partial charge < -0.3 is 10.2 Å². The van der Waals surface area contributed by atoms with Crippen molar-refractivity contribution in [3.63, 3.8) is 0 Å². The van der Waals surface area contributed by atoms with Gasteiger partial charge in [0.05, 0.1) is 0 Å². The Labute approximate surface area is 165 Å². The topological polar surface area (TPSA) is 86.8 Å². The largest absolute Gasteiger partial charge is 0.337 e. The number of rotatable bonds is 2. The first-order valence-electron chi connectivity index (χ1n) is 10.7. The number of carbonyl (C=O) groups is 1. The van der Waals surface area contributed by atoms with E-state index >= 15 is 0 Å². The molecule has 1 amide bonds. The van der Waals surface area contributed by atoms with Crippen LogP contribution in [0.25, 0.3) is 0 Å². The zero-order valence-electron chi connectivity index (χ0n) is 16.3. The highest BCUT2D eigenvalue weighted by atomic mass is 16.2. The van der Waals surface area contributed by atoms with Crippen LogP contribution in [0.5, 0.6) is 0 Å². The smallest absolute Gasteiger partial charge is 0.274 e. The molecule has 0 atom stereocenters. The Hall–Kier alpha value is -2.28. The average molecular weight is 380 g/mol. The van der Waals surface area contributed by atoms with Crippen molar-refractivity contribution in [2.75, 3.05) is 19.6 Å². The van der Waals surface area contributed by atoms with Crippen molar-refractivity contribution in [3.8, 4) is 0 Å². The molecule has 0 bridgehead atoms. The summed E-state index contributed by atoms with van der Waals surface area (Å²) in [4.78, 5) is 24.5. The van der Waals surface area contributed by atoms with E-state index < -0.39 is 0 Å². The number of H-pyrrole nitrogens is 1. The number of carbonyl (C=O) groups excluding carboxylic acids is 1. The summed E-state index contributed by atoms with van der Waals surface area (Å²) < 4.78 is 0. The molecule has 1 fully saturated rings. The summed E-state index contributed by atoms with van der Waals surface area (Å²) in [6.07, 6.45) is 10.4. The molecule has 0 unspecified atom stereocenters. The van der Waals surface area contributed by atoms with E-state index in [0.717, 1.165) is 76.1 Å². The number of aromatic amines is 1. The average Bonchev–Trinajstić information content (AvgIpc) is 3.01. The number of amides is 1. The third-order valence-electron chi connectivity index (χ3n) is 6.48. The molecule has 1 saturated heterocycles. The number of likely N-dealkylation sites (tertiary alicyclic amines) is 1. The van der Waals surface area contributed by atoms with E-state index in [4.69, 9.17) is 4.98 Å². The predicted molar refractivity (Wildman–Crippen MR) is 105 cm³/mol. The molecule has 2 aliphatic heterocycles. The summed E-state index contributed by atoms with van der Waals surface area (Å²) in [7, 11) is 0. The van der Waals surface area contributed by atoms with Crippen LogP contribution in [-0.2, 0) is 25.8 Å². The zero-order chi connectivity index (χ0) is 18.9.